The highest BCUT2D eigenvalue weighted by Crippen LogP contribution is 2.37. The fraction of sp³-hybridized carbons (Fsp3) is 0.296. The summed E-state index contributed by atoms with van der Waals surface area (Å²) >= 11 is 0. The minimum absolute atomic E-state index is 0.223. The first-order valence-electron chi connectivity index (χ1n) is 10.6. The number of hydrogen-bond acceptors (Lipinski definition) is 2. The number of anilines is 1. The van der Waals surface area contributed by atoms with Crippen molar-refractivity contribution in [2.24, 2.45) is 5.10 Å². The van der Waals surface area contributed by atoms with Crippen LogP contribution in [0.1, 0.15) is 74.2 Å². The summed E-state index contributed by atoms with van der Waals surface area (Å²) in [7, 11) is 0. The minimum atomic E-state index is 0.223. The molecule has 3 aromatic rings. The van der Waals surface area contributed by atoms with E-state index in [-0.39, 0.29) is 6.04 Å². The molecule has 0 saturated carbocycles. The number of hydrazone groups is 1. The number of benzene rings is 3. The summed E-state index contributed by atoms with van der Waals surface area (Å²) in [5.74, 6) is 1.08. The highest BCUT2D eigenvalue weighted by molar-refractivity contribution is 6.03. The first kappa shape index (κ1) is 19.4. The lowest BCUT2D eigenvalue weighted by atomic mass is 9.96. The first-order chi connectivity index (χ1) is 14.0. The summed E-state index contributed by atoms with van der Waals surface area (Å²) in [6, 6.07) is 28.7. The third kappa shape index (κ3) is 4.12. The third-order valence-corrected chi connectivity index (χ3v) is 5.83. The van der Waals surface area contributed by atoms with Crippen molar-refractivity contribution in [1.82, 2.24) is 0 Å². The molecule has 2 nitrogen and oxygen atoms in total. The largest absolute Gasteiger partial charge is 0.257 e. The van der Waals surface area contributed by atoms with Gasteiger partial charge in [0.2, 0.25) is 0 Å². The van der Waals surface area contributed by atoms with E-state index in [4.69, 9.17) is 5.10 Å². The standard InChI is InChI=1S/C27H30N2/c1-19(2)21-10-12-23(13-11-21)26-18-27(24-8-6-5-7-9-24)29(28-26)25-16-14-22(15-17-25)20(3)4/h5-17,19-20,27H,18H2,1-4H3. The molecule has 0 fully saturated rings. The van der Waals surface area contributed by atoms with E-state index in [0.717, 1.165) is 17.8 Å². The predicted octanol–water partition coefficient (Wildman–Crippen LogP) is 7.29. The van der Waals surface area contributed by atoms with Crippen LogP contribution in [0.15, 0.2) is 84.0 Å². The van der Waals surface area contributed by atoms with Crippen LogP contribution in [0.25, 0.3) is 0 Å². The summed E-state index contributed by atoms with van der Waals surface area (Å²) in [6.07, 6.45) is 0.914. The Morgan fingerprint density at radius 3 is 1.83 bits per heavy atom. The molecule has 4 rings (SSSR count). The predicted molar refractivity (Wildman–Crippen MR) is 124 cm³/mol. The summed E-state index contributed by atoms with van der Waals surface area (Å²) in [4.78, 5) is 0. The van der Waals surface area contributed by atoms with Crippen LogP contribution >= 0.6 is 0 Å². The van der Waals surface area contributed by atoms with E-state index in [1.165, 1.54) is 22.3 Å². The summed E-state index contributed by atoms with van der Waals surface area (Å²) in [5, 5.41) is 7.28. The summed E-state index contributed by atoms with van der Waals surface area (Å²) < 4.78 is 0. The van der Waals surface area contributed by atoms with Gasteiger partial charge in [-0.1, -0.05) is 94.4 Å². The Labute approximate surface area is 174 Å². The van der Waals surface area contributed by atoms with Crippen LogP contribution in [0.2, 0.25) is 0 Å². The van der Waals surface area contributed by atoms with Crippen molar-refractivity contribution in [3.8, 4) is 0 Å². The fourth-order valence-electron chi connectivity index (χ4n) is 3.93. The smallest absolute Gasteiger partial charge is 0.0831 e. The molecule has 3 aromatic carbocycles. The van der Waals surface area contributed by atoms with Crippen LogP contribution < -0.4 is 5.01 Å². The normalized spacial score (nSPS) is 16.6. The molecule has 1 atom stereocenters. The minimum Gasteiger partial charge on any atom is -0.257 e. The van der Waals surface area contributed by atoms with Crippen molar-refractivity contribution >= 4 is 11.4 Å². The molecule has 1 aliphatic heterocycles. The number of rotatable bonds is 5. The molecule has 0 bridgehead atoms. The molecule has 0 saturated heterocycles. The SMILES string of the molecule is CC(C)c1ccc(C2=NN(c3ccc(C(C)C)cc3)C(c3ccccc3)C2)cc1. The molecule has 0 amide bonds. The summed E-state index contributed by atoms with van der Waals surface area (Å²) in [5.41, 5.74) is 7.56. The molecule has 29 heavy (non-hydrogen) atoms. The van der Waals surface area contributed by atoms with Gasteiger partial charge in [-0.25, -0.2) is 0 Å². The second-order valence-electron chi connectivity index (χ2n) is 8.54. The van der Waals surface area contributed by atoms with Gasteiger partial charge in [0.1, 0.15) is 0 Å². The van der Waals surface area contributed by atoms with Gasteiger partial charge in [0.25, 0.3) is 0 Å². The van der Waals surface area contributed by atoms with Crippen LogP contribution in [0, 0.1) is 0 Å². The molecule has 0 aromatic heterocycles. The Balaban J connectivity index is 1.69. The Hall–Kier alpha value is -2.87. The zero-order chi connectivity index (χ0) is 20.4. The van der Waals surface area contributed by atoms with Crippen molar-refractivity contribution in [3.63, 3.8) is 0 Å². The molecule has 0 aliphatic carbocycles. The average Bonchev–Trinajstić information content (AvgIpc) is 3.20. The Bertz CT molecular complexity index is 967. The first-order valence-corrected chi connectivity index (χ1v) is 10.6. The van der Waals surface area contributed by atoms with E-state index in [1.54, 1.807) is 0 Å². The second-order valence-corrected chi connectivity index (χ2v) is 8.54. The van der Waals surface area contributed by atoms with E-state index in [0.29, 0.717) is 11.8 Å². The van der Waals surface area contributed by atoms with Gasteiger partial charge in [0.15, 0.2) is 0 Å². The monoisotopic (exact) mass is 382 g/mol. The second kappa shape index (κ2) is 8.24. The van der Waals surface area contributed by atoms with E-state index >= 15 is 0 Å². The van der Waals surface area contributed by atoms with Gasteiger partial charge >= 0.3 is 0 Å². The quantitative estimate of drug-likeness (QED) is 0.452. The van der Waals surface area contributed by atoms with Gasteiger partial charge in [-0.05, 0) is 46.2 Å². The van der Waals surface area contributed by atoms with Gasteiger partial charge in [0, 0.05) is 6.42 Å². The van der Waals surface area contributed by atoms with E-state index in [9.17, 15) is 0 Å². The van der Waals surface area contributed by atoms with Crippen LogP contribution in [0.3, 0.4) is 0 Å². The van der Waals surface area contributed by atoms with Gasteiger partial charge in [-0.3, -0.25) is 5.01 Å². The zero-order valence-corrected chi connectivity index (χ0v) is 17.8. The van der Waals surface area contributed by atoms with Crippen LogP contribution in [-0.2, 0) is 0 Å². The van der Waals surface area contributed by atoms with Crippen LogP contribution in [-0.4, -0.2) is 5.71 Å². The molecule has 148 valence electrons. The van der Waals surface area contributed by atoms with E-state index in [2.05, 4.69) is 112 Å². The Kier molecular flexibility index (Phi) is 5.53. The summed E-state index contributed by atoms with van der Waals surface area (Å²) in [6.45, 7) is 8.93. The maximum atomic E-state index is 5.09. The molecule has 1 unspecified atom stereocenters. The van der Waals surface area contributed by atoms with Crippen molar-refractivity contribution in [1.29, 1.82) is 0 Å². The third-order valence-electron chi connectivity index (χ3n) is 5.83. The molecule has 1 aliphatic rings. The molecule has 2 heteroatoms. The van der Waals surface area contributed by atoms with Crippen molar-refractivity contribution < 1.29 is 0 Å². The zero-order valence-electron chi connectivity index (χ0n) is 17.8. The highest BCUT2D eigenvalue weighted by atomic mass is 15.5. The van der Waals surface area contributed by atoms with Gasteiger partial charge < -0.3 is 0 Å². The molecule has 1 heterocycles. The average molecular weight is 383 g/mol. The van der Waals surface area contributed by atoms with Gasteiger partial charge in [0.05, 0.1) is 17.4 Å². The van der Waals surface area contributed by atoms with Crippen molar-refractivity contribution in [2.75, 3.05) is 5.01 Å². The van der Waals surface area contributed by atoms with Gasteiger partial charge in [-0.2, -0.15) is 5.10 Å². The van der Waals surface area contributed by atoms with Crippen molar-refractivity contribution in [3.05, 3.63) is 101 Å². The van der Waals surface area contributed by atoms with Crippen LogP contribution in [0.5, 0.6) is 0 Å². The van der Waals surface area contributed by atoms with Crippen LogP contribution in [0.4, 0.5) is 5.69 Å². The van der Waals surface area contributed by atoms with Crippen molar-refractivity contribution in [2.45, 2.75) is 52.0 Å². The maximum Gasteiger partial charge on any atom is 0.0831 e. The van der Waals surface area contributed by atoms with E-state index < -0.39 is 0 Å². The number of hydrogen-bond donors (Lipinski definition) is 0. The number of nitrogens with zero attached hydrogens (tertiary/aromatic N) is 2. The fourth-order valence-corrected chi connectivity index (χ4v) is 3.93. The molecular weight excluding hydrogens is 352 g/mol. The topological polar surface area (TPSA) is 15.6 Å². The Morgan fingerprint density at radius 1 is 0.724 bits per heavy atom. The lowest BCUT2D eigenvalue weighted by molar-refractivity contribution is 0.708. The highest BCUT2D eigenvalue weighted by Gasteiger charge is 2.29. The Morgan fingerprint density at radius 2 is 1.28 bits per heavy atom. The maximum absolute atomic E-state index is 5.09. The van der Waals surface area contributed by atoms with Gasteiger partial charge in [-0.15, -0.1) is 0 Å². The molecule has 0 radical (unpaired) electrons. The lowest BCUT2D eigenvalue weighted by Gasteiger charge is -2.24. The lowest BCUT2D eigenvalue weighted by Crippen LogP contribution is -2.18. The molecule has 0 N–H and O–H groups in total. The molecular formula is C27H30N2. The van der Waals surface area contributed by atoms with E-state index in [1.807, 2.05) is 0 Å². The molecule has 0 spiro atoms.